The Hall–Kier alpha value is -2.90. The van der Waals surface area contributed by atoms with Crippen LogP contribution in [-0.2, 0) is 28.1 Å². The van der Waals surface area contributed by atoms with E-state index in [1.165, 1.54) is 32.2 Å². The number of carbonyl (C=O) groups is 1. The van der Waals surface area contributed by atoms with Crippen molar-refractivity contribution in [3.8, 4) is 5.75 Å². The quantitative estimate of drug-likeness (QED) is 0.310. The van der Waals surface area contributed by atoms with Crippen LogP contribution in [0.15, 0.2) is 45.3 Å². The first-order chi connectivity index (χ1) is 18.8. The molecule has 1 aromatic carbocycles. The van der Waals surface area contributed by atoms with E-state index in [0.29, 0.717) is 11.7 Å². The fourth-order valence-electron chi connectivity index (χ4n) is 4.48. The SMILES string of the molecule is COC1=NC(C)=NC2C1N=CN2[C@@H]1O[C@H](COP(=O)(N[C@@H](C)C(=O)OC(C)C)Oc2ccccc2)[C@@H](O)[C@@]1(C)F. The van der Waals surface area contributed by atoms with Crippen LogP contribution in [0.5, 0.6) is 5.75 Å². The highest BCUT2D eigenvalue weighted by Gasteiger charge is 2.59. The predicted molar refractivity (Wildman–Crippen MR) is 144 cm³/mol. The van der Waals surface area contributed by atoms with Gasteiger partial charge in [-0.15, -0.1) is 0 Å². The van der Waals surface area contributed by atoms with Gasteiger partial charge in [-0.1, -0.05) is 18.2 Å². The topological polar surface area (TPSA) is 153 Å². The van der Waals surface area contributed by atoms with Crippen molar-refractivity contribution in [3.63, 3.8) is 0 Å². The summed E-state index contributed by atoms with van der Waals surface area (Å²) in [5.41, 5.74) is -2.30. The van der Waals surface area contributed by atoms with E-state index in [4.69, 9.17) is 23.3 Å². The molecule has 8 atom stereocenters. The maximum absolute atomic E-state index is 16.0. The summed E-state index contributed by atoms with van der Waals surface area (Å²) in [6.07, 6.45) is -3.96. The number of esters is 1. The van der Waals surface area contributed by atoms with Crippen LogP contribution in [-0.4, -0.2) is 96.2 Å². The zero-order valence-electron chi connectivity index (χ0n) is 23.1. The molecule has 3 aliphatic heterocycles. The van der Waals surface area contributed by atoms with Crippen LogP contribution >= 0.6 is 7.75 Å². The first-order valence-corrected chi connectivity index (χ1v) is 14.4. The number of nitrogens with one attached hydrogen (secondary N) is 1. The summed E-state index contributed by atoms with van der Waals surface area (Å²) in [7, 11) is -2.80. The molecule has 3 unspecified atom stereocenters. The van der Waals surface area contributed by atoms with Crippen molar-refractivity contribution in [2.75, 3.05) is 13.7 Å². The van der Waals surface area contributed by atoms with Gasteiger partial charge in [0.05, 0.1) is 26.2 Å². The van der Waals surface area contributed by atoms with Crippen molar-refractivity contribution >= 4 is 31.8 Å². The van der Waals surface area contributed by atoms with E-state index in [1.807, 2.05) is 0 Å². The first kappa shape index (κ1) is 30.1. The number of hydrogen-bond acceptors (Lipinski definition) is 12. The second-order valence-corrected chi connectivity index (χ2v) is 11.8. The third kappa shape index (κ3) is 6.36. The van der Waals surface area contributed by atoms with Gasteiger partial charge in [-0.25, -0.2) is 18.9 Å². The summed E-state index contributed by atoms with van der Waals surface area (Å²) < 4.78 is 57.4. The van der Waals surface area contributed by atoms with Crippen molar-refractivity contribution < 1.29 is 42.1 Å². The standard InChI is InChI=1S/C25H35FN5O8P/c1-14(2)37-23(33)15(3)30-40(34,39-17-10-8-7-9-11-17)36-12-18-20(32)25(5,26)24(38-18)31-13-27-19-21(31)28-16(4)29-22(19)35-6/h7-11,13-15,18-21,24,32H,12H2,1-6H3,(H,30,34)/t15-,18+,19?,20+,21?,24+,25+,40?/m0/s1. The fraction of sp³-hybridized carbons (Fsp3) is 0.600. The van der Waals surface area contributed by atoms with E-state index in [1.54, 1.807) is 51.1 Å². The number of amidine groups is 1. The molecular formula is C25H35FN5O8P. The van der Waals surface area contributed by atoms with Crippen LogP contribution in [0.25, 0.3) is 0 Å². The van der Waals surface area contributed by atoms with Gasteiger partial charge in [0.25, 0.3) is 0 Å². The van der Waals surface area contributed by atoms with Gasteiger partial charge in [-0.05, 0) is 46.8 Å². The normalized spacial score (nSPS) is 31.7. The molecule has 3 heterocycles. The molecule has 3 aliphatic rings. The molecule has 40 heavy (non-hydrogen) atoms. The minimum absolute atomic E-state index is 0.198. The van der Waals surface area contributed by atoms with Crippen LogP contribution in [0.2, 0.25) is 0 Å². The molecule has 4 rings (SSSR count). The number of aliphatic hydroxyl groups excluding tert-OH is 1. The molecule has 0 aliphatic carbocycles. The van der Waals surface area contributed by atoms with E-state index in [-0.39, 0.29) is 5.75 Å². The zero-order chi connectivity index (χ0) is 29.2. The van der Waals surface area contributed by atoms with Crippen molar-refractivity contribution in [3.05, 3.63) is 30.3 Å². The number of hydrogen-bond donors (Lipinski definition) is 2. The Bertz CT molecular complexity index is 1210. The van der Waals surface area contributed by atoms with E-state index >= 15 is 4.39 Å². The maximum atomic E-state index is 16.0. The van der Waals surface area contributed by atoms with Crippen LogP contribution in [0.4, 0.5) is 4.39 Å². The maximum Gasteiger partial charge on any atom is 0.459 e. The summed E-state index contributed by atoms with van der Waals surface area (Å²) in [6, 6.07) is 6.50. The number of carbonyl (C=O) groups excluding carboxylic acids is 1. The van der Waals surface area contributed by atoms with Gasteiger partial charge >= 0.3 is 13.7 Å². The summed E-state index contributed by atoms with van der Waals surface area (Å²) in [5, 5.41) is 13.4. The van der Waals surface area contributed by atoms with Gasteiger partial charge in [-0.3, -0.25) is 14.3 Å². The van der Waals surface area contributed by atoms with Gasteiger partial charge in [0.2, 0.25) is 5.90 Å². The Balaban J connectivity index is 1.50. The minimum atomic E-state index is -4.26. The van der Waals surface area contributed by atoms with Gasteiger partial charge in [0.1, 0.15) is 29.8 Å². The fourth-order valence-corrected chi connectivity index (χ4v) is 5.98. The molecule has 15 heteroatoms. The third-order valence-corrected chi connectivity index (χ3v) is 8.07. The number of para-hydroxylation sites is 1. The molecule has 0 bridgehead atoms. The molecule has 1 saturated heterocycles. The molecule has 0 spiro atoms. The van der Waals surface area contributed by atoms with Crippen LogP contribution < -0.4 is 9.61 Å². The number of halogens is 1. The smallest absolute Gasteiger partial charge is 0.459 e. The highest BCUT2D eigenvalue weighted by atomic mass is 31.2. The zero-order valence-corrected chi connectivity index (χ0v) is 24.0. The largest absolute Gasteiger partial charge is 0.482 e. The van der Waals surface area contributed by atoms with E-state index in [2.05, 4.69) is 20.1 Å². The molecule has 2 N–H and O–H groups in total. The molecular weight excluding hydrogens is 548 g/mol. The number of benzene rings is 1. The van der Waals surface area contributed by atoms with Gasteiger partial charge in [0, 0.05) is 0 Å². The summed E-state index contributed by atoms with van der Waals surface area (Å²) in [4.78, 5) is 26.9. The van der Waals surface area contributed by atoms with Crippen molar-refractivity contribution in [1.29, 1.82) is 0 Å². The Morgan fingerprint density at radius 3 is 2.65 bits per heavy atom. The lowest BCUT2D eigenvalue weighted by molar-refractivity contribution is -0.149. The van der Waals surface area contributed by atoms with Crippen LogP contribution in [0.1, 0.15) is 34.6 Å². The van der Waals surface area contributed by atoms with Crippen LogP contribution in [0, 0.1) is 0 Å². The number of methoxy groups -OCH3 is 1. The van der Waals surface area contributed by atoms with Crippen LogP contribution in [0.3, 0.4) is 0 Å². The third-order valence-electron chi connectivity index (χ3n) is 6.42. The monoisotopic (exact) mass is 583 g/mol. The highest BCUT2D eigenvalue weighted by Crippen LogP contribution is 2.47. The highest BCUT2D eigenvalue weighted by molar-refractivity contribution is 7.52. The molecule has 13 nitrogen and oxygen atoms in total. The Kier molecular flexibility index (Phi) is 8.96. The number of ether oxygens (including phenoxy) is 3. The number of aliphatic hydroxyl groups is 1. The molecule has 0 radical (unpaired) electrons. The lowest BCUT2D eigenvalue weighted by atomic mass is 9.97. The van der Waals surface area contributed by atoms with E-state index in [9.17, 15) is 14.5 Å². The van der Waals surface area contributed by atoms with E-state index in [0.717, 1.165) is 0 Å². The van der Waals surface area contributed by atoms with Gasteiger partial charge < -0.3 is 28.7 Å². The molecule has 220 valence electrons. The number of fused-ring (bicyclic) bond motifs is 1. The summed E-state index contributed by atoms with van der Waals surface area (Å²) in [6.45, 7) is 7.14. The van der Waals surface area contributed by atoms with Crippen molar-refractivity contribution in [2.24, 2.45) is 15.0 Å². The average molecular weight is 584 g/mol. The summed E-state index contributed by atoms with van der Waals surface area (Å²) >= 11 is 0. The molecule has 1 fully saturated rings. The van der Waals surface area contributed by atoms with Gasteiger partial charge in [0.15, 0.2) is 24.1 Å². The van der Waals surface area contributed by atoms with Gasteiger partial charge in [-0.2, -0.15) is 5.09 Å². The number of rotatable bonds is 10. The summed E-state index contributed by atoms with van der Waals surface area (Å²) in [5.74, 6) is 0.270. The molecule has 0 aromatic heterocycles. The predicted octanol–water partition coefficient (Wildman–Crippen LogP) is 2.45. The molecule has 1 aromatic rings. The number of alkyl halides is 1. The Morgan fingerprint density at radius 2 is 2.00 bits per heavy atom. The van der Waals surface area contributed by atoms with E-state index < -0.39 is 68.8 Å². The van der Waals surface area contributed by atoms with Crippen molar-refractivity contribution in [1.82, 2.24) is 9.99 Å². The Morgan fingerprint density at radius 1 is 1.30 bits per heavy atom. The minimum Gasteiger partial charge on any atom is -0.482 e. The second-order valence-electron chi connectivity index (χ2n) is 10.1. The van der Waals surface area contributed by atoms with Crippen molar-refractivity contribution in [2.45, 2.75) is 83.1 Å². The average Bonchev–Trinajstić information content (AvgIpc) is 3.40. The Labute approximate surface area is 232 Å². The molecule has 0 saturated carbocycles. The number of nitrogens with zero attached hydrogens (tertiary/aromatic N) is 4. The lowest BCUT2D eigenvalue weighted by Crippen LogP contribution is -2.54. The lowest BCUT2D eigenvalue weighted by Gasteiger charge is -2.35. The number of aliphatic imine (C=N–C) groups is 3. The first-order valence-electron chi connectivity index (χ1n) is 12.8. The molecule has 0 amide bonds. The second kappa shape index (κ2) is 11.9.